The molecule has 0 atom stereocenters. The third-order valence-corrected chi connectivity index (χ3v) is 3.83. The van der Waals surface area contributed by atoms with Crippen LogP contribution in [0.1, 0.15) is 17.2 Å². The van der Waals surface area contributed by atoms with E-state index < -0.39 is 11.7 Å². The highest BCUT2D eigenvalue weighted by Gasteiger charge is 2.32. The van der Waals surface area contributed by atoms with Gasteiger partial charge in [0.2, 0.25) is 0 Å². The monoisotopic (exact) mass is 271 g/mol. The van der Waals surface area contributed by atoms with Crippen LogP contribution >= 0.6 is 11.8 Å². The standard InChI is InChI=1S/C11H8F3N3S/c1-6-15-16-10-5-18-9-3-2-7(11(12,13)14)4-8(9)17(6)10/h2-4H,5H2,1H3. The average molecular weight is 271 g/mol. The van der Waals surface area contributed by atoms with Gasteiger partial charge in [0.25, 0.3) is 0 Å². The molecule has 1 aliphatic rings. The molecule has 0 amide bonds. The van der Waals surface area contributed by atoms with Crippen molar-refractivity contribution in [1.82, 2.24) is 14.8 Å². The highest BCUT2D eigenvalue weighted by atomic mass is 32.2. The van der Waals surface area contributed by atoms with E-state index in [0.29, 0.717) is 23.1 Å². The Morgan fingerprint density at radius 3 is 2.78 bits per heavy atom. The zero-order valence-electron chi connectivity index (χ0n) is 9.32. The van der Waals surface area contributed by atoms with Gasteiger partial charge in [0, 0.05) is 4.90 Å². The smallest absolute Gasteiger partial charge is 0.281 e. The Labute approximate surface area is 105 Å². The van der Waals surface area contributed by atoms with Gasteiger partial charge >= 0.3 is 6.18 Å². The van der Waals surface area contributed by atoms with E-state index >= 15 is 0 Å². The van der Waals surface area contributed by atoms with E-state index in [2.05, 4.69) is 10.2 Å². The first-order chi connectivity index (χ1) is 8.47. The van der Waals surface area contributed by atoms with Gasteiger partial charge in [0.15, 0.2) is 0 Å². The van der Waals surface area contributed by atoms with Crippen LogP contribution in [0.4, 0.5) is 13.2 Å². The van der Waals surface area contributed by atoms with Crippen molar-refractivity contribution in [3.8, 4) is 5.69 Å². The zero-order valence-corrected chi connectivity index (χ0v) is 10.1. The minimum Gasteiger partial charge on any atom is -0.281 e. The molecule has 0 aliphatic carbocycles. The summed E-state index contributed by atoms with van der Waals surface area (Å²) < 4.78 is 39.8. The molecule has 94 valence electrons. The molecule has 7 heteroatoms. The van der Waals surface area contributed by atoms with Gasteiger partial charge in [-0.05, 0) is 25.1 Å². The van der Waals surface area contributed by atoms with Gasteiger partial charge in [-0.15, -0.1) is 22.0 Å². The lowest BCUT2D eigenvalue weighted by Gasteiger charge is -2.19. The molecule has 0 saturated heterocycles. The summed E-state index contributed by atoms with van der Waals surface area (Å²) >= 11 is 1.47. The largest absolute Gasteiger partial charge is 0.416 e. The number of halogens is 3. The Kier molecular flexibility index (Phi) is 2.41. The maximum absolute atomic E-state index is 12.7. The van der Waals surface area contributed by atoms with Crippen molar-refractivity contribution in [3.05, 3.63) is 35.4 Å². The summed E-state index contributed by atoms with van der Waals surface area (Å²) in [7, 11) is 0. The number of alkyl halides is 3. The Morgan fingerprint density at radius 1 is 1.28 bits per heavy atom. The molecule has 2 heterocycles. The van der Waals surface area contributed by atoms with Crippen molar-refractivity contribution in [1.29, 1.82) is 0 Å². The zero-order chi connectivity index (χ0) is 12.9. The minimum atomic E-state index is -4.33. The molecular weight excluding hydrogens is 263 g/mol. The molecule has 0 spiro atoms. The van der Waals surface area contributed by atoms with E-state index in [4.69, 9.17) is 0 Å². The van der Waals surface area contributed by atoms with Crippen LogP contribution in [-0.2, 0) is 11.9 Å². The Balaban J connectivity index is 2.22. The first-order valence-electron chi connectivity index (χ1n) is 5.22. The highest BCUT2D eigenvalue weighted by Crippen LogP contribution is 2.39. The Bertz CT molecular complexity index is 618. The second-order valence-electron chi connectivity index (χ2n) is 3.97. The van der Waals surface area contributed by atoms with Gasteiger partial charge in [0.1, 0.15) is 11.6 Å². The fourth-order valence-electron chi connectivity index (χ4n) is 1.95. The first kappa shape index (κ1) is 11.6. The number of benzene rings is 1. The first-order valence-corrected chi connectivity index (χ1v) is 6.20. The molecule has 18 heavy (non-hydrogen) atoms. The predicted molar refractivity (Wildman–Crippen MR) is 60.7 cm³/mol. The number of nitrogens with zero attached hydrogens (tertiary/aromatic N) is 3. The number of aryl methyl sites for hydroxylation is 1. The van der Waals surface area contributed by atoms with Crippen molar-refractivity contribution < 1.29 is 13.2 Å². The fraction of sp³-hybridized carbons (Fsp3) is 0.273. The van der Waals surface area contributed by atoms with Crippen LogP contribution in [0.2, 0.25) is 0 Å². The normalized spacial score (nSPS) is 14.2. The Hall–Kier alpha value is -1.50. The molecule has 1 aromatic heterocycles. The topological polar surface area (TPSA) is 30.7 Å². The summed E-state index contributed by atoms with van der Waals surface area (Å²) in [5, 5.41) is 7.87. The molecule has 0 unspecified atom stereocenters. The van der Waals surface area contributed by atoms with E-state index in [0.717, 1.165) is 17.0 Å². The van der Waals surface area contributed by atoms with Gasteiger partial charge in [0.05, 0.1) is 17.0 Å². The molecule has 0 N–H and O–H groups in total. The van der Waals surface area contributed by atoms with Gasteiger partial charge in [-0.25, -0.2) is 0 Å². The van der Waals surface area contributed by atoms with Crippen LogP contribution in [0.3, 0.4) is 0 Å². The molecule has 3 rings (SSSR count). The van der Waals surface area contributed by atoms with Crippen molar-refractivity contribution in [2.45, 2.75) is 23.7 Å². The lowest BCUT2D eigenvalue weighted by atomic mass is 10.2. The number of thioether (sulfide) groups is 1. The summed E-state index contributed by atoms with van der Waals surface area (Å²) in [5.74, 6) is 1.91. The van der Waals surface area contributed by atoms with E-state index in [1.807, 2.05) is 0 Å². The van der Waals surface area contributed by atoms with Crippen LogP contribution in [0, 0.1) is 6.92 Å². The predicted octanol–water partition coefficient (Wildman–Crippen LogP) is 3.20. The van der Waals surface area contributed by atoms with Gasteiger partial charge in [-0.2, -0.15) is 13.2 Å². The van der Waals surface area contributed by atoms with Gasteiger partial charge < -0.3 is 0 Å². The molecule has 0 radical (unpaired) electrons. The van der Waals surface area contributed by atoms with Crippen molar-refractivity contribution in [3.63, 3.8) is 0 Å². The lowest BCUT2D eigenvalue weighted by Crippen LogP contribution is -2.11. The van der Waals surface area contributed by atoms with Crippen LogP contribution < -0.4 is 0 Å². The number of fused-ring (bicyclic) bond motifs is 3. The summed E-state index contributed by atoms with van der Waals surface area (Å²) in [6.07, 6.45) is -4.33. The third-order valence-electron chi connectivity index (χ3n) is 2.78. The second kappa shape index (κ2) is 3.74. The molecule has 0 bridgehead atoms. The third kappa shape index (κ3) is 1.69. The van der Waals surface area contributed by atoms with Crippen molar-refractivity contribution in [2.24, 2.45) is 0 Å². The molecule has 2 aromatic rings. The SMILES string of the molecule is Cc1nnc2n1-c1cc(C(F)(F)F)ccc1SC2. The summed E-state index contributed by atoms with van der Waals surface area (Å²) in [4.78, 5) is 0.818. The molecule has 1 aromatic carbocycles. The minimum absolute atomic E-state index is 0.513. The van der Waals surface area contributed by atoms with E-state index in [1.54, 1.807) is 11.5 Å². The quantitative estimate of drug-likeness (QED) is 0.737. The summed E-state index contributed by atoms with van der Waals surface area (Å²) in [5.41, 5.74) is -0.138. The van der Waals surface area contributed by atoms with Gasteiger partial charge in [-0.3, -0.25) is 4.57 Å². The van der Waals surface area contributed by atoms with Crippen LogP contribution in [0.15, 0.2) is 23.1 Å². The lowest BCUT2D eigenvalue weighted by molar-refractivity contribution is -0.137. The molecule has 0 fully saturated rings. The molecule has 1 aliphatic heterocycles. The average Bonchev–Trinajstić information content (AvgIpc) is 2.69. The fourth-order valence-corrected chi connectivity index (χ4v) is 2.88. The second-order valence-corrected chi connectivity index (χ2v) is 4.98. The van der Waals surface area contributed by atoms with Gasteiger partial charge in [-0.1, -0.05) is 0 Å². The molecule has 3 nitrogen and oxygen atoms in total. The van der Waals surface area contributed by atoms with Crippen molar-refractivity contribution >= 4 is 11.8 Å². The number of rotatable bonds is 0. The van der Waals surface area contributed by atoms with E-state index in [-0.39, 0.29) is 0 Å². The molecular formula is C11H8F3N3S. The van der Waals surface area contributed by atoms with Crippen molar-refractivity contribution in [2.75, 3.05) is 0 Å². The maximum atomic E-state index is 12.7. The Morgan fingerprint density at radius 2 is 2.06 bits per heavy atom. The maximum Gasteiger partial charge on any atom is 0.416 e. The van der Waals surface area contributed by atoms with Crippen LogP contribution in [0.5, 0.6) is 0 Å². The molecule has 0 saturated carbocycles. The van der Waals surface area contributed by atoms with Crippen LogP contribution in [0.25, 0.3) is 5.69 Å². The van der Waals surface area contributed by atoms with E-state index in [1.165, 1.54) is 17.8 Å². The van der Waals surface area contributed by atoms with Crippen LogP contribution in [-0.4, -0.2) is 14.8 Å². The number of hydrogen-bond acceptors (Lipinski definition) is 3. The number of hydrogen-bond donors (Lipinski definition) is 0. The van der Waals surface area contributed by atoms with E-state index in [9.17, 15) is 13.2 Å². The summed E-state index contributed by atoms with van der Waals surface area (Å²) in [6, 6.07) is 3.77. The summed E-state index contributed by atoms with van der Waals surface area (Å²) in [6.45, 7) is 1.73. The number of aromatic nitrogens is 3. The highest BCUT2D eigenvalue weighted by molar-refractivity contribution is 7.98.